The Morgan fingerprint density at radius 1 is 1.41 bits per heavy atom. The minimum Gasteiger partial charge on any atom is -0.495 e. The number of carbonyl (C=O) groups is 1. The van der Waals surface area contributed by atoms with Crippen LogP contribution >= 0.6 is 11.6 Å². The molecule has 1 aromatic rings. The van der Waals surface area contributed by atoms with Gasteiger partial charge < -0.3 is 15.0 Å². The maximum absolute atomic E-state index is 13.0. The molecule has 0 spiro atoms. The molecule has 1 aliphatic heterocycles. The van der Waals surface area contributed by atoms with Crippen LogP contribution in [0, 0.1) is 0 Å². The molecule has 1 N–H and O–H groups in total. The first kappa shape index (κ1) is 16.7. The Balaban J connectivity index is 2.18. The summed E-state index contributed by atoms with van der Waals surface area (Å²) in [4.78, 5) is 13.0. The summed E-state index contributed by atoms with van der Waals surface area (Å²) in [5.41, 5.74) is 0.242. The number of carbonyl (C=O) groups excluding carboxylic acids is 1. The van der Waals surface area contributed by atoms with Crippen molar-refractivity contribution in [3.05, 3.63) is 23.2 Å². The molecule has 0 aromatic heterocycles. The number of likely N-dealkylation sites (tertiary alicyclic amines) is 1. The summed E-state index contributed by atoms with van der Waals surface area (Å²) in [6, 6.07) is 1.98. The number of urea groups is 1. The van der Waals surface area contributed by atoms with Gasteiger partial charge in [0, 0.05) is 11.6 Å². The second kappa shape index (κ2) is 6.64. The van der Waals surface area contributed by atoms with Crippen molar-refractivity contribution in [2.75, 3.05) is 19.0 Å². The molecular weight excluding hydrogens is 321 g/mol. The van der Waals surface area contributed by atoms with E-state index in [2.05, 4.69) is 5.32 Å². The molecule has 0 aliphatic carbocycles. The first-order chi connectivity index (χ1) is 10.3. The van der Waals surface area contributed by atoms with E-state index < -0.39 is 18.2 Å². The topological polar surface area (TPSA) is 41.6 Å². The van der Waals surface area contributed by atoms with Crippen molar-refractivity contribution in [3.63, 3.8) is 0 Å². The zero-order valence-corrected chi connectivity index (χ0v) is 12.7. The largest absolute Gasteiger partial charge is 0.495 e. The van der Waals surface area contributed by atoms with E-state index in [0.29, 0.717) is 23.6 Å². The number of hydrogen-bond donors (Lipinski definition) is 1. The fourth-order valence-corrected chi connectivity index (χ4v) is 2.65. The van der Waals surface area contributed by atoms with E-state index in [4.69, 9.17) is 16.3 Å². The minimum absolute atomic E-state index is 0.0683. The van der Waals surface area contributed by atoms with Gasteiger partial charge in [0.25, 0.3) is 0 Å². The van der Waals surface area contributed by atoms with E-state index in [-0.39, 0.29) is 18.7 Å². The number of rotatable bonds is 2. The Kier molecular flexibility index (Phi) is 5.05. The summed E-state index contributed by atoms with van der Waals surface area (Å²) in [5, 5.41) is 2.80. The van der Waals surface area contributed by atoms with Crippen LogP contribution in [0.3, 0.4) is 0 Å². The van der Waals surface area contributed by atoms with E-state index in [9.17, 15) is 18.0 Å². The zero-order chi connectivity index (χ0) is 16.3. The molecule has 0 bridgehead atoms. The molecule has 2 rings (SSSR count). The lowest BCUT2D eigenvalue weighted by atomic mass is 10.0. The Labute approximate surface area is 131 Å². The third-order valence-electron chi connectivity index (χ3n) is 3.54. The van der Waals surface area contributed by atoms with Crippen LogP contribution < -0.4 is 10.1 Å². The molecule has 2 amide bonds. The molecule has 1 aromatic carbocycles. The zero-order valence-electron chi connectivity index (χ0n) is 11.9. The van der Waals surface area contributed by atoms with Gasteiger partial charge in [0.15, 0.2) is 0 Å². The second-order valence-corrected chi connectivity index (χ2v) is 5.46. The molecule has 122 valence electrons. The minimum atomic E-state index is -4.43. The summed E-state index contributed by atoms with van der Waals surface area (Å²) >= 11 is 5.84. The lowest BCUT2D eigenvalue weighted by molar-refractivity contribution is -0.181. The molecular formula is C14H16ClF3N2O2. The van der Waals surface area contributed by atoms with Crippen molar-refractivity contribution in [2.45, 2.75) is 31.5 Å². The molecule has 0 saturated carbocycles. The van der Waals surface area contributed by atoms with E-state index in [1.165, 1.54) is 19.2 Å². The van der Waals surface area contributed by atoms with Crippen molar-refractivity contribution >= 4 is 23.3 Å². The molecule has 1 heterocycles. The lowest BCUT2D eigenvalue weighted by Gasteiger charge is -2.36. The summed E-state index contributed by atoms with van der Waals surface area (Å²) in [7, 11) is 1.40. The van der Waals surface area contributed by atoms with Crippen molar-refractivity contribution < 1.29 is 22.7 Å². The van der Waals surface area contributed by atoms with E-state index >= 15 is 0 Å². The molecule has 4 nitrogen and oxygen atoms in total. The third-order valence-corrected chi connectivity index (χ3v) is 3.78. The van der Waals surface area contributed by atoms with Gasteiger partial charge in [-0.1, -0.05) is 11.6 Å². The van der Waals surface area contributed by atoms with Gasteiger partial charge in [0.2, 0.25) is 0 Å². The van der Waals surface area contributed by atoms with Gasteiger partial charge in [-0.15, -0.1) is 0 Å². The number of piperidine rings is 1. The number of alkyl halides is 3. The average Bonchev–Trinajstić information content (AvgIpc) is 2.46. The second-order valence-electron chi connectivity index (χ2n) is 5.02. The highest BCUT2D eigenvalue weighted by Crippen LogP contribution is 2.33. The SMILES string of the molecule is COc1ccc(Cl)cc1NC(=O)N1CCCCC1C(F)(F)F. The first-order valence-electron chi connectivity index (χ1n) is 6.81. The van der Waals surface area contributed by atoms with Crippen LogP contribution in [0.5, 0.6) is 5.75 Å². The Morgan fingerprint density at radius 2 is 2.14 bits per heavy atom. The summed E-state index contributed by atoms with van der Waals surface area (Å²) in [6.45, 7) is 0.0683. The Bertz CT molecular complexity index is 551. The number of methoxy groups -OCH3 is 1. The van der Waals surface area contributed by atoms with Crippen LogP contribution in [0.25, 0.3) is 0 Å². The van der Waals surface area contributed by atoms with E-state index in [1.807, 2.05) is 0 Å². The van der Waals surface area contributed by atoms with Crippen LogP contribution in [0.1, 0.15) is 19.3 Å². The molecule has 8 heteroatoms. The van der Waals surface area contributed by atoms with Crippen LogP contribution in [0.2, 0.25) is 5.02 Å². The summed E-state index contributed by atoms with van der Waals surface area (Å²) < 4.78 is 44.2. The summed E-state index contributed by atoms with van der Waals surface area (Å²) in [6.07, 6.45) is -3.51. The van der Waals surface area contributed by atoms with E-state index in [1.54, 1.807) is 6.07 Å². The molecule has 1 fully saturated rings. The van der Waals surface area contributed by atoms with Gasteiger partial charge in [0.1, 0.15) is 11.8 Å². The fraction of sp³-hybridized carbons (Fsp3) is 0.500. The van der Waals surface area contributed by atoms with Gasteiger partial charge in [-0.05, 0) is 37.5 Å². The van der Waals surface area contributed by atoms with Crippen molar-refractivity contribution in [1.29, 1.82) is 0 Å². The van der Waals surface area contributed by atoms with Gasteiger partial charge >= 0.3 is 12.2 Å². The standard InChI is InChI=1S/C14H16ClF3N2O2/c1-22-11-6-5-9(15)8-10(11)19-13(21)20-7-3-2-4-12(20)14(16,17)18/h5-6,8,12H,2-4,7H2,1H3,(H,19,21). The Hall–Kier alpha value is -1.63. The molecule has 22 heavy (non-hydrogen) atoms. The number of amides is 2. The molecule has 1 unspecified atom stereocenters. The normalized spacial score (nSPS) is 19.0. The number of hydrogen-bond acceptors (Lipinski definition) is 2. The monoisotopic (exact) mass is 336 g/mol. The van der Waals surface area contributed by atoms with Crippen LogP contribution in [0.15, 0.2) is 18.2 Å². The smallest absolute Gasteiger partial charge is 0.408 e. The molecule has 1 aliphatic rings. The third kappa shape index (κ3) is 3.76. The maximum Gasteiger partial charge on any atom is 0.408 e. The predicted molar refractivity (Wildman–Crippen MR) is 77.4 cm³/mol. The van der Waals surface area contributed by atoms with Crippen LogP contribution in [0.4, 0.5) is 23.7 Å². The summed E-state index contributed by atoms with van der Waals surface area (Å²) in [5.74, 6) is 0.332. The number of benzene rings is 1. The van der Waals surface area contributed by atoms with Crippen LogP contribution in [-0.4, -0.2) is 36.8 Å². The maximum atomic E-state index is 13.0. The number of anilines is 1. The van der Waals surface area contributed by atoms with Gasteiger partial charge in [-0.25, -0.2) is 4.79 Å². The molecule has 1 saturated heterocycles. The number of ether oxygens (including phenoxy) is 1. The molecule has 0 radical (unpaired) electrons. The highest BCUT2D eigenvalue weighted by Gasteiger charge is 2.46. The van der Waals surface area contributed by atoms with E-state index in [0.717, 1.165) is 4.90 Å². The number of nitrogens with one attached hydrogen (secondary N) is 1. The number of halogens is 4. The van der Waals surface area contributed by atoms with Gasteiger partial charge in [-0.3, -0.25) is 0 Å². The van der Waals surface area contributed by atoms with Crippen molar-refractivity contribution in [2.24, 2.45) is 0 Å². The first-order valence-corrected chi connectivity index (χ1v) is 7.18. The lowest BCUT2D eigenvalue weighted by Crippen LogP contribution is -2.52. The predicted octanol–water partition coefficient (Wildman–Crippen LogP) is 4.30. The average molecular weight is 337 g/mol. The van der Waals surface area contributed by atoms with Gasteiger partial charge in [-0.2, -0.15) is 13.2 Å². The van der Waals surface area contributed by atoms with Crippen LogP contribution in [-0.2, 0) is 0 Å². The highest BCUT2D eigenvalue weighted by atomic mass is 35.5. The molecule has 1 atom stereocenters. The van der Waals surface area contributed by atoms with Crippen molar-refractivity contribution in [3.8, 4) is 5.75 Å². The quantitative estimate of drug-likeness (QED) is 0.875. The van der Waals surface area contributed by atoms with Gasteiger partial charge in [0.05, 0.1) is 12.8 Å². The fourth-order valence-electron chi connectivity index (χ4n) is 2.48. The highest BCUT2D eigenvalue weighted by molar-refractivity contribution is 6.31. The Morgan fingerprint density at radius 3 is 2.77 bits per heavy atom. The van der Waals surface area contributed by atoms with Crippen molar-refractivity contribution in [1.82, 2.24) is 4.90 Å². The number of nitrogens with zero attached hydrogens (tertiary/aromatic N) is 1.